The lowest BCUT2D eigenvalue weighted by atomic mass is 10.0. The summed E-state index contributed by atoms with van der Waals surface area (Å²) < 4.78 is 1.58. The number of nitrogen functional groups attached to an aromatic ring is 1. The monoisotopic (exact) mass is 338 g/mol. The number of rotatable bonds is 4. The summed E-state index contributed by atoms with van der Waals surface area (Å²) in [5, 5.41) is 7.19. The van der Waals surface area contributed by atoms with E-state index in [1.807, 2.05) is 52.0 Å². The fourth-order valence-electron chi connectivity index (χ4n) is 3.08. The van der Waals surface area contributed by atoms with E-state index in [0.717, 1.165) is 28.1 Å². The molecule has 1 atom stereocenters. The SMILES string of the molecule is Cc1ccccc1C(C)NC(=O)Cc1c(C)nc2nc(N)nn2c1C. The molecule has 1 amide bonds. The van der Waals surface area contributed by atoms with Crippen LogP contribution < -0.4 is 11.1 Å². The third-order valence-corrected chi connectivity index (χ3v) is 4.44. The molecule has 0 radical (unpaired) electrons. The number of aromatic nitrogens is 4. The number of benzene rings is 1. The third-order valence-electron chi connectivity index (χ3n) is 4.44. The van der Waals surface area contributed by atoms with Crippen LogP contribution in [0.5, 0.6) is 0 Å². The predicted octanol–water partition coefficient (Wildman–Crippen LogP) is 2.05. The molecule has 2 aromatic heterocycles. The zero-order chi connectivity index (χ0) is 18.1. The van der Waals surface area contributed by atoms with Crippen LogP contribution >= 0.6 is 0 Å². The summed E-state index contributed by atoms with van der Waals surface area (Å²) in [5.41, 5.74) is 10.3. The van der Waals surface area contributed by atoms with Crippen LogP contribution in [0.15, 0.2) is 24.3 Å². The minimum atomic E-state index is -0.0620. The Hall–Kier alpha value is -2.96. The molecule has 2 heterocycles. The van der Waals surface area contributed by atoms with Gasteiger partial charge in [-0.05, 0) is 38.8 Å². The van der Waals surface area contributed by atoms with Gasteiger partial charge in [-0.3, -0.25) is 4.79 Å². The molecule has 0 bridgehead atoms. The molecule has 0 aliphatic carbocycles. The standard InChI is InChI=1S/C18H22N6O/c1-10-7-5-6-8-14(10)11(2)20-16(25)9-15-12(3)21-18-22-17(19)23-24(18)13(15)4/h5-8,11H,9H2,1-4H3,(H2,19,23)(H,20,25). The van der Waals surface area contributed by atoms with Crippen LogP contribution in [0.3, 0.4) is 0 Å². The Labute approximate surface area is 146 Å². The molecule has 130 valence electrons. The van der Waals surface area contributed by atoms with Crippen molar-refractivity contribution < 1.29 is 4.79 Å². The highest BCUT2D eigenvalue weighted by Crippen LogP contribution is 2.18. The molecule has 3 aromatic rings. The number of aryl methyl sites for hydroxylation is 3. The first-order valence-corrected chi connectivity index (χ1v) is 8.20. The van der Waals surface area contributed by atoms with Crippen LogP contribution in [-0.2, 0) is 11.2 Å². The number of carbonyl (C=O) groups excluding carboxylic acids is 1. The number of nitrogens with zero attached hydrogens (tertiary/aromatic N) is 4. The molecule has 25 heavy (non-hydrogen) atoms. The second-order valence-corrected chi connectivity index (χ2v) is 6.27. The molecule has 7 heteroatoms. The summed E-state index contributed by atoms with van der Waals surface area (Å²) in [6.07, 6.45) is 0.233. The van der Waals surface area contributed by atoms with Crippen LogP contribution in [0, 0.1) is 20.8 Å². The van der Waals surface area contributed by atoms with Crippen LogP contribution in [0.1, 0.15) is 41.0 Å². The number of anilines is 1. The zero-order valence-electron chi connectivity index (χ0n) is 14.9. The molecule has 0 spiro atoms. The molecule has 1 aromatic carbocycles. The average Bonchev–Trinajstić information content (AvgIpc) is 2.92. The van der Waals surface area contributed by atoms with Gasteiger partial charge in [-0.1, -0.05) is 24.3 Å². The minimum Gasteiger partial charge on any atom is -0.366 e. The van der Waals surface area contributed by atoms with Gasteiger partial charge in [-0.15, -0.1) is 5.10 Å². The van der Waals surface area contributed by atoms with Gasteiger partial charge in [0.25, 0.3) is 5.78 Å². The maximum atomic E-state index is 12.5. The van der Waals surface area contributed by atoms with Crippen LogP contribution in [0.2, 0.25) is 0 Å². The lowest BCUT2D eigenvalue weighted by Crippen LogP contribution is -2.29. The van der Waals surface area contributed by atoms with Gasteiger partial charge in [0.1, 0.15) is 0 Å². The van der Waals surface area contributed by atoms with Crippen molar-refractivity contribution >= 4 is 17.6 Å². The third kappa shape index (κ3) is 3.31. The fraction of sp³-hybridized carbons (Fsp3) is 0.333. The lowest BCUT2D eigenvalue weighted by Gasteiger charge is -2.17. The van der Waals surface area contributed by atoms with E-state index in [2.05, 4.69) is 20.4 Å². The predicted molar refractivity (Wildman–Crippen MR) is 96.1 cm³/mol. The average molecular weight is 338 g/mol. The van der Waals surface area contributed by atoms with Gasteiger partial charge in [0, 0.05) is 17.0 Å². The van der Waals surface area contributed by atoms with Crippen molar-refractivity contribution in [3.05, 3.63) is 52.3 Å². The van der Waals surface area contributed by atoms with E-state index in [1.165, 1.54) is 0 Å². The van der Waals surface area contributed by atoms with Crippen molar-refractivity contribution in [2.45, 2.75) is 40.2 Å². The van der Waals surface area contributed by atoms with E-state index < -0.39 is 0 Å². The number of hydrogen-bond donors (Lipinski definition) is 2. The molecule has 0 saturated heterocycles. The van der Waals surface area contributed by atoms with Gasteiger partial charge in [-0.25, -0.2) is 4.98 Å². The highest BCUT2D eigenvalue weighted by molar-refractivity contribution is 5.79. The number of hydrogen-bond acceptors (Lipinski definition) is 5. The van der Waals surface area contributed by atoms with Crippen molar-refractivity contribution in [3.8, 4) is 0 Å². The van der Waals surface area contributed by atoms with Crippen LogP contribution in [0.25, 0.3) is 5.78 Å². The highest BCUT2D eigenvalue weighted by atomic mass is 16.1. The Balaban J connectivity index is 1.81. The number of nitrogens with two attached hydrogens (primary N) is 1. The van der Waals surface area contributed by atoms with Crippen molar-refractivity contribution in [2.24, 2.45) is 0 Å². The molecule has 7 nitrogen and oxygen atoms in total. The first kappa shape index (κ1) is 16.9. The Bertz CT molecular complexity index is 946. The first-order valence-electron chi connectivity index (χ1n) is 8.20. The molecule has 1 unspecified atom stereocenters. The van der Waals surface area contributed by atoms with Gasteiger partial charge in [0.2, 0.25) is 11.9 Å². The topological polar surface area (TPSA) is 98.2 Å². The second kappa shape index (κ2) is 6.51. The number of fused-ring (bicyclic) bond motifs is 1. The highest BCUT2D eigenvalue weighted by Gasteiger charge is 2.17. The number of nitrogens with one attached hydrogen (secondary N) is 1. The fourth-order valence-corrected chi connectivity index (χ4v) is 3.08. The molecule has 0 fully saturated rings. The van der Waals surface area contributed by atoms with Gasteiger partial charge < -0.3 is 11.1 Å². The molecular formula is C18H22N6O. The van der Waals surface area contributed by atoms with E-state index >= 15 is 0 Å². The van der Waals surface area contributed by atoms with Crippen LogP contribution in [0.4, 0.5) is 5.95 Å². The smallest absolute Gasteiger partial charge is 0.254 e. The molecule has 0 aliphatic rings. The Morgan fingerprint density at radius 1 is 1.24 bits per heavy atom. The molecule has 3 N–H and O–H groups in total. The maximum Gasteiger partial charge on any atom is 0.254 e. The van der Waals surface area contributed by atoms with E-state index in [4.69, 9.17) is 5.73 Å². The van der Waals surface area contributed by atoms with Gasteiger partial charge >= 0.3 is 0 Å². The Morgan fingerprint density at radius 2 is 1.96 bits per heavy atom. The van der Waals surface area contributed by atoms with E-state index in [0.29, 0.717) is 5.78 Å². The van der Waals surface area contributed by atoms with Crippen molar-refractivity contribution in [1.82, 2.24) is 24.9 Å². The van der Waals surface area contributed by atoms with E-state index in [-0.39, 0.29) is 24.3 Å². The van der Waals surface area contributed by atoms with Crippen molar-refractivity contribution in [1.29, 1.82) is 0 Å². The largest absolute Gasteiger partial charge is 0.366 e. The van der Waals surface area contributed by atoms with Gasteiger partial charge in [-0.2, -0.15) is 9.50 Å². The van der Waals surface area contributed by atoms with Gasteiger partial charge in [0.15, 0.2) is 0 Å². The molecule has 3 rings (SSSR count). The normalized spacial score (nSPS) is 12.3. The second-order valence-electron chi connectivity index (χ2n) is 6.27. The Morgan fingerprint density at radius 3 is 2.68 bits per heavy atom. The van der Waals surface area contributed by atoms with E-state index in [1.54, 1.807) is 4.52 Å². The van der Waals surface area contributed by atoms with Crippen LogP contribution in [-0.4, -0.2) is 25.5 Å². The summed E-state index contributed by atoms with van der Waals surface area (Å²) in [5.74, 6) is 0.561. The summed E-state index contributed by atoms with van der Waals surface area (Å²) in [6.45, 7) is 7.78. The van der Waals surface area contributed by atoms with E-state index in [9.17, 15) is 4.79 Å². The van der Waals surface area contributed by atoms with Crippen molar-refractivity contribution in [3.63, 3.8) is 0 Å². The molecule has 0 aliphatic heterocycles. The Kier molecular flexibility index (Phi) is 4.39. The maximum absolute atomic E-state index is 12.5. The molecule has 0 saturated carbocycles. The summed E-state index contributed by atoms with van der Waals surface area (Å²) in [7, 11) is 0. The summed E-state index contributed by atoms with van der Waals surface area (Å²) in [6, 6.07) is 7.98. The molecular weight excluding hydrogens is 316 g/mol. The quantitative estimate of drug-likeness (QED) is 0.758. The summed E-state index contributed by atoms with van der Waals surface area (Å²) >= 11 is 0. The van der Waals surface area contributed by atoms with Crippen molar-refractivity contribution in [2.75, 3.05) is 5.73 Å². The first-order chi connectivity index (χ1) is 11.9. The zero-order valence-corrected chi connectivity index (χ0v) is 14.9. The number of amides is 1. The minimum absolute atomic E-state index is 0.0591. The summed E-state index contributed by atoms with van der Waals surface area (Å²) in [4.78, 5) is 21.0. The number of carbonyl (C=O) groups is 1. The lowest BCUT2D eigenvalue weighted by molar-refractivity contribution is -0.121. The van der Waals surface area contributed by atoms with Gasteiger partial charge in [0.05, 0.1) is 12.5 Å².